The fourth-order valence-corrected chi connectivity index (χ4v) is 1.72. The van der Waals surface area contributed by atoms with Gasteiger partial charge in [-0.15, -0.1) is 0 Å². The van der Waals surface area contributed by atoms with Gasteiger partial charge in [-0.1, -0.05) is 31.9 Å². The van der Waals surface area contributed by atoms with Crippen molar-refractivity contribution in [2.24, 2.45) is 5.73 Å². The van der Waals surface area contributed by atoms with Crippen LogP contribution in [0.1, 0.15) is 38.7 Å². The molecule has 0 aliphatic rings. The number of benzene rings is 1. The van der Waals surface area contributed by atoms with E-state index in [0.717, 1.165) is 31.2 Å². The first kappa shape index (κ1) is 17.5. The van der Waals surface area contributed by atoms with E-state index in [9.17, 15) is 18.0 Å². The van der Waals surface area contributed by atoms with Crippen LogP contribution in [-0.2, 0) is 11.2 Å². The molecular formula is C15H21F3N2O. The number of rotatable bonds is 6. The SMILES string of the molecule is CCCCCc1ccc(NC(=O)C(C)(N)C(F)(F)F)cc1. The predicted octanol–water partition coefficient (Wildman–Crippen LogP) is 3.64. The first-order chi connectivity index (χ1) is 9.68. The zero-order chi connectivity index (χ0) is 16.1. The molecule has 0 fully saturated rings. The number of hydrogen-bond donors (Lipinski definition) is 2. The Kier molecular flexibility index (Phi) is 5.78. The number of aryl methyl sites for hydroxylation is 1. The van der Waals surface area contributed by atoms with Gasteiger partial charge in [0.05, 0.1) is 0 Å². The molecule has 1 unspecified atom stereocenters. The van der Waals surface area contributed by atoms with Crippen LogP contribution in [0, 0.1) is 0 Å². The maximum Gasteiger partial charge on any atom is 0.415 e. The average molecular weight is 302 g/mol. The lowest BCUT2D eigenvalue weighted by molar-refractivity contribution is -0.184. The molecule has 0 radical (unpaired) electrons. The summed E-state index contributed by atoms with van der Waals surface area (Å²) in [7, 11) is 0. The van der Waals surface area contributed by atoms with Crippen molar-refractivity contribution in [1.29, 1.82) is 0 Å². The van der Waals surface area contributed by atoms with Gasteiger partial charge in [0.1, 0.15) is 0 Å². The Morgan fingerprint density at radius 2 is 1.76 bits per heavy atom. The predicted molar refractivity (Wildman–Crippen MR) is 76.9 cm³/mol. The van der Waals surface area contributed by atoms with Crippen LogP contribution in [0.15, 0.2) is 24.3 Å². The maximum atomic E-state index is 12.6. The van der Waals surface area contributed by atoms with E-state index >= 15 is 0 Å². The molecule has 0 aliphatic carbocycles. The summed E-state index contributed by atoms with van der Waals surface area (Å²) in [4.78, 5) is 11.6. The molecule has 1 amide bonds. The van der Waals surface area contributed by atoms with Crippen LogP contribution in [0.2, 0.25) is 0 Å². The number of alkyl halides is 3. The number of halogens is 3. The Bertz CT molecular complexity index is 467. The second-order valence-corrected chi connectivity index (χ2v) is 5.31. The molecule has 1 aromatic carbocycles. The monoisotopic (exact) mass is 302 g/mol. The van der Waals surface area contributed by atoms with Gasteiger partial charge in [0.2, 0.25) is 0 Å². The van der Waals surface area contributed by atoms with Gasteiger partial charge >= 0.3 is 6.18 Å². The second-order valence-electron chi connectivity index (χ2n) is 5.31. The number of anilines is 1. The summed E-state index contributed by atoms with van der Waals surface area (Å²) in [6.07, 6.45) is -0.552. The van der Waals surface area contributed by atoms with E-state index < -0.39 is 17.6 Å². The number of hydrogen-bond acceptors (Lipinski definition) is 2. The molecule has 0 saturated carbocycles. The fraction of sp³-hybridized carbons (Fsp3) is 0.533. The smallest absolute Gasteiger partial charge is 0.324 e. The van der Waals surface area contributed by atoms with E-state index in [4.69, 9.17) is 5.73 Å². The Morgan fingerprint density at radius 3 is 2.24 bits per heavy atom. The van der Waals surface area contributed by atoms with Gasteiger partial charge in [-0.05, 0) is 37.5 Å². The Labute approximate surface area is 122 Å². The maximum absolute atomic E-state index is 12.6. The molecule has 118 valence electrons. The number of nitrogens with one attached hydrogen (secondary N) is 1. The van der Waals surface area contributed by atoms with Gasteiger partial charge in [0.15, 0.2) is 5.54 Å². The third-order valence-electron chi connectivity index (χ3n) is 3.34. The Hall–Kier alpha value is -1.56. The van der Waals surface area contributed by atoms with Gasteiger partial charge in [0.25, 0.3) is 5.91 Å². The van der Waals surface area contributed by atoms with Crippen molar-refractivity contribution >= 4 is 11.6 Å². The highest BCUT2D eigenvalue weighted by Crippen LogP contribution is 2.29. The van der Waals surface area contributed by atoms with Crippen LogP contribution in [0.4, 0.5) is 18.9 Å². The number of carbonyl (C=O) groups excluding carboxylic acids is 1. The summed E-state index contributed by atoms with van der Waals surface area (Å²) in [5.74, 6) is -1.27. The summed E-state index contributed by atoms with van der Waals surface area (Å²) in [6, 6.07) is 6.77. The summed E-state index contributed by atoms with van der Waals surface area (Å²) in [6.45, 7) is 2.77. The largest absolute Gasteiger partial charge is 0.415 e. The average Bonchev–Trinajstić information content (AvgIpc) is 2.39. The van der Waals surface area contributed by atoms with Crippen LogP contribution < -0.4 is 11.1 Å². The van der Waals surface area contributed by atoms with Crippen LogP contribution in [-0.4, -0.2) is 17.6 Å². The molecular weight excluding hydrogens is 281 g/mol. The van der Waals surface area contributed by atoms with Crippen molar-refractivity contribution in [3.8, 4) is 0 Å². The zero-order valence-electron chi connectivity index (χ0n) is 12.3. The molecule has 0 saturated heterocycles. The molecule has 0 heterocycles. The molecule has 0 bridgehead atoms. The van der Waals surface area contributed by atoms with Crippen molar-refractivity contribution in [1.82, 2.24) is 0 Å². The lowest BCUT2D eigenvalue weighted by Gasteiger charge is -2.26. The lowest BCUT2D eigenvalue weighted by Crippen LogP contribution is -2.59. The van der Waals surface area contributed by atoms with Crippen LogP contribution in [0.25, 0.3) is 0 Å². The van der Waals surface area contributed by atoms with Gasteiger partial charge in [-0.2, -0.15) is 13.2 Å². The van der Waals surface area contributed by atoms with E-state index in [1.807, 2.05) is 0 Å². The Morgan fingerprint density at radius 1 is 1.19 bits per heavy atom. The number of amides is 1. The fourth-order valence-electron chi connectivity index (χ4n) is 1.72. The molecule has 0 aliphatic heterocycles. The molecule has 1 rings (SSSR count). The third-order valence-corrected chi connectivity index (χ3v) is 3.34. The minimum Gasteiger partial charge on any atom is -0.324 e. The van der Waals surface area contributed by atoms with Crippen molar-refractivity contribution in [3.05, 3.63) is 29.8 Å². The van der Waals surface area contributed by atoms with Crippen LogP contribution in [0.3, 0.4) is 0 Å². The molecule has 0 aromatic heterocycles. The second kappa shape index (κ2) is 6.93. The van der Waals surface area contributed by atoms with E-state index in [1.54, 1.807) is 24.3 Å². The molecule has 1 aromatic rings. The van der Waals surface area contributed by atoms with Crippen molar-refractivity contribution < 1.29 is 18.0 Å². The highest BCUT2D eigenvalue weighted by molar-refractivity contribution is 5.98. The topological polar surface area (TPSA) is 55.1 Å². The molecule has 21 heavy (non-hydrogen) atoms. The summed E-state index contributed by atoms with van der Waals surface area (Å²) in [5.41, 5.74) is 3.55. The van der Waals surface area contributed by atoms with Gasteiger partial charge in [-0.3, -0.25) is 4.79 Å². The van der Waals surface area contributed by atoms with Crippen molar-refractivity contribution in [2.45, 2.75) is 51.2 Å². The first-order valence-corrected chi connectivity index (χ1v) is 6.94. The summed E-state index contributed by atoms with van der Waals surface area (Å²) >= 11 is 0. The number of nitrogens with two attached hydrogens (primary N) is 1. The summed E-state index contributed by atoms with van der Waals surface area (Å²) < 4.78 is 37.9. The molecule has 1 atom stereocenters. The van der Waals surface area contributed by atoms with Crippen molar-refractivity contribution in [2.75, 3.05) is 5.32 Å². The normalized spacial score (nSPS) is 14.6. The van der Waals surface area contributed by atoms with E-state index in [1.165, 1.54) is 0 Å². The number of carbonyl (C=O) groups is 1. The highest BCUT2D eigenvalue weighted by atomic mass is 19.4. The first-order valence-electron chi connectivity index (χ1n) is 6.94. The van der Waals surface area contributed by atoms with Crippen molar-refractivity contribution in [3.63, 3.8) is 0 Å². The van der Waals surface area contributed by atoms with E-state index in [2.05, 4.69) is 12.2 Å². The lowest BCUT2D eigenvalue weighted by atomic mass is 10.0. The standard InChI is InChI=1S/C15H21F3N2O/c1-3-4-5-6-11-7-9-12(10-8-11)20-13(21)14(2,19)15(16,17)18/h7-10H,3-6,19H2,1-2H3,(H,20,21). The molecule has 3 N–H and O–H groups in total. The summed E-state index contributed by atoms with van der Waals surface area (Å²) in [5, 5.41) is 2.20. The molecule has 3 nitrogen and oxygen atoms in total. The van der Waals surface area contributed by atoms with Gasteiger partial charge < -0.3 is 11.1 Å². The van der Waals surface area contributed by atoms with Gasteiger partial charge in [-0.25, -0.2) is 0 Å². The minimum atomic E-state index is -4.79. The zero-order valence-corrected chi connectivity index (χ0v) is 12.3. The Balaban J connectivity index is 2.65. The highest BCUT2D eigenvalue weighted by Gasteiger charge is 2.53. The third kappa shape index (κ3) is 4.74. The van der Waals surface area contributed by atoms with Crippen LogP contribution >= 0.6 is 0 Å². The molecule has 0 spiro atoms. The van der Waals surface area contributed by atoms with Crippen LogP contribution in [0.5, 0.6) is 0 Å². The van der Waals surface area contributed by atoms with E-state index in [-0.39, 0.29) is 0 Å². The quantitative estimate of drug-likeness (QED) is 0.788. The minimum absolute atomic E-state index is 0.306. The molecule has 6 heteroatoms. The number of unbranched alkanes of at least 4 members (excludes halogenated alkanes) is 2. The van der Waals surface area contributed by atoms with E-state index in [0.29, 0.717) is 12.6 Å². The van der Waals surface area contributed by atoms with Gasteiger partial charge in [0, 0.05) is 5.69 Å².